The van der Waals surface area contributed by atoms with Crippen molar-refractivity contribution < 1.29 is 13.9 Å². The molecule has 78 valence electrons. The van der Waals surface area contributed by atoms with E-state index in [0.29, 0.717) is 6.07 Å². The molecule has 2 nitrogen and oxygen atoms in total. The van der Waals surface area contributed by atoms with Crippen LogP contribution < -0.4 is 5.32 Å². The van der Waals surface area contributed by atoms with Gasteiger partial charge in [-0.25, -0.2) is 8.78 Å². The van der Waals surface area contributed by atoms with Crippen LogP contribution in [0.1, 0.15) is 19.4 Å². The van der Waals surface area contributed by atoms with Crippen LogP contribution in [0, 0.1) is 11.6 Å². The minimum atomic E-state index is -0.925. The van der Waals surface area contributed by atoms with Gasteiger partial charge in [0.1, 0.15) is 5.82 Å². The van der Waals surface area contributed by atoms with Gasteiger partial charge in [-0.05, 0) is 6.07 Å². The molecule has 0 aliphatic heterocycles. The fraction of sp³-hybridized carbons (Fsp3) is 0.400. The molecule has 0 aromatic heterocycles. The van der Waals surface area contributed by atoms with Crippen molar-refractivity contribution in [2.45, 2.75) is 26.4 Å². The molecule has 0 spiro atoms. The van der Waals surface area contributed by atoms with Crippen LogP contribution in [0.15, 0.2) is 12.1 Å². The lowest BCUT2D eigenvalue weighted by Gasteiger charge is -2.09. The number of nitrogens with one attached hydrogen (secondary N) is 1. The van der Waals surface area contributed by atoms with E-state index in [0.717, 1.165) is 6.07 Å². The number of phenols is 1. The minimum absolute atomic E-state index is 0.195. The molecule has 0 heterocycles. The van der Waals surface area contributed by atoms with Crippen LogP contribution in [0.5, 0.6) is 5.75 Å². The van der Waals surface area contributed by atoms with E-state index in [-0.39, 0.29) is 18.2 Å². The molecule has 1 aromatic rings. The van der Waals surface area contributed by atoms with Crippen LogP contribution >= 0.6 is 0 Å². The summed E-state index contributed by atoms with van der Waals surface area (Å²) in [7, 11) is 0. The first kappa shape index (κ1) is 10.9. The van der Waals surface area contributed by atoms with E-state index in [9.17, 15) is 13.9 Å². The molecule has 0 fully saturated rings. The van der Waals surface area contributed by atoms with Crippen molar-refractivity contribution in [3.05, 3.63) is 29.3 Å². The summed E-state index contributed by atoms with van der Waals surface area (Å²) < 4.78 is 25.6. The van der Waals surface area contributed by atoms with E-state index in [1.54, 1.807) is 0 Å². The van der Waals surface area contributed by atoms with Gasteiger partial charge in [0.15, 0.2) is 11.6 Å². The van der Waals surface area contributed by atoms with E-state index < -0.39 is 17.4 Å². The first-order valence-electron chi connectivity index (χ1n) is 4.41. The van der Waals surface area contributed by atoms with E-state index in [1.165, 1.54) is 0 Å². The lowest BCUT2D eigenvalue weighted by Crippen LogP contribution is -2.22. The predicted molar refractivity (Wildman–Crippen MR) is 50.0 cm³/mol. The third-order valence-electron chi connectivity index (χ3n) is 1.81. The molecule has 1 rings (SSSR count). The molecule has 0 atom stereocenters. The average Bonchev–Trinajstić information content (AvgIpc) is 2.08. The highest BCUT2D eigenvalue weighted by Crippen LogP contribution is 2.22. The molecule has 0 amide bonds. The van der Waals surface area contributed by atoms with Gasteiger partial charge in [-0.3, -0.25) is 0 Å². The van der Waals surface area contributed by atoms with Crippen molar-refractivity contribution in [1.82, 2.24) is 5.32 Å². The molecule has 0 saturated heterocycles. The molecule has 2 N–H and O–H groups in total. The van der Waals surface area contributed by atoms with Gasteiger partial charge in [0.05, 0.1) is 0 Å². The van der Waals surface area contributed by atoms with Gasteiger partial charge in [0.2, 0.25) is 0 Å². The molecule has 4 heteroatoms. The zero-order valence-corrected chi connectivity index (χ0v) is 8.14. The first-order chi connectivity index (χ1) is 6.50. The minimum Gasteiger partial charge on any atom is -0.505 e. The fourth-order valence-corrected chi connectivity index (χ4v) is 1.07. The van der Waals surface area contributed by atoms with Gasteiger partial charge in [0, 0.05) is 24.2 Å². The van der Waals surface area contributed by atoms with Crippen LogP contribution in [0.4, 0.5) is 8.78 Å². The van der Waals surface area contributed by atoms with Crippen molar-refractivity contribution in [3.63, 3.8) is 0 Å². The van der Waals surface area contributed by atoms with Crippen LogP contribution in [0.3, 0.4) is 0 Å². The molecule has 14 heavy (non-hydrogen) atoms. The lowest BCUT2D eigenvalue weighted by atomic mass is 10.2. The van der Waals surface area contributed by atoms with E-state index in [4.69, 9.17) is 0 Å². The summed E-state index contributed by atoms with van der Waals surface area (Å²) in [5.41, 5.74) is 0.233. The van der Waals surface area contributed by atoms with Crippen LogP contribution in [0.2, 0.25) is 0 Å². The quantitative estimate of drug-likeness (QED) is 0.785. The van der Waals surface area contributed by atoms with Crippen LogP contribution in [-0.2, 0) is 6.54 Å². The number of hydrogen-bond donors (Lipinski definition) is 2. The third kappa shape index (κ3) is 2.67. The van der Waals surface area contributed by atoms with Crippen molar-refractivity contribution in [2.24, 2.45) is 0 Å². The highest BCUT2D eigenvalue weighted by atomic mass is 19.1. The highest BCUT2D eigenvalue weighted by molar-refractivity contribution is 5.34. The van der Waals surface area contributed by atoms with Crippen molar-refractivity contribution in [1.29, 1.82) is 0 Å². The average molecular weight is 201 g/mol. The molecule has 0 aliphatic carbocycles. The standard InChI is InChI=1S/C10H13F2NO/c1-6(2)13-5-7-3-8(11)4-9(12)10(7)14/h3-4,6,13-14H,5H2,1-2H3. The molecular weight excluding hydrogens is 188 g/mol. The second-order valence-corrected chi connectivity index (χ2v) is 3.43. The SMILES string of the molecule is CC(C)NCc1cc(F)cc(F)c1O. The fourth-order valence-electron chi connectivity index (χ4n) is 1.07. The molecule has 0 aliphatic rings. The second kappa shape index (κ2) is 4.37. The number of rotatable bonds is 3. The van der Waals surface area contributed by atoms with Gasteiger partial charge in [0.25, 0.3) is 0 Å². The maximum absolute atomic E-state index is 12.8. The summed E-state index contributed by atoms with van der Waals surface area (Å²) in [5.74, 6) is -2.09. The monoisotopic (exact) mass is 201 g/mol. The number of aromatic hydroxyl groups is 1. The van der Waals surface area contributed by atoms with Gasteiger partial charge in [-0.15, -0.1) is 0 Å². The van der Waals surface area contributed by atoms with Crippen LogP contribution in [0.25, 0.3) is 0 Å². The Morgan fingerprint density at radius 3 is 2.57 bits per heavy atom. The van der Waals surface area contributed by atoms with E-state index in [2.05, 4.69) is 5.32 Å². The largest absolute Gasteiger partial charge is 0.505 e. The normalized spacial score (nSPS) is 10.9. The maximum Gasteiger partial charge on any atom is 0.168 e. The molecular formula is C10H13F2NO. The van der Waals surface area contributed by atoms with Gasteiger partial charge in [-0.1, -0.05) is 13.8 Å². The Morgan fingerprint density at radius 1 is 1.36 bits per heavy atom. The third-order valence-corrected chi connectivity index (χ3v) is 1.81. The molecule has 0 saturated carbocycles. The summed E-state index contributed by atoms with van der Waals surface area (Å²) in [6.07, 6.45) is 0. The lowest BCUT2D eigenvalue weighted by molar-refractivity contribution is 0.416. The smallest absolute Gasteiger partial charge is 0.168 e. The Kier molecular flexibility index (Phi) is 3.41. The Hall–Kier alpha value is -1.16. The van der Waals surface area contributed by atoms with Gasteiger partial charge in [-0.2, -0.15) is 0 Å². The summed E-state index contributed by atoms with van der Waals surface area (Å²) in [4.78, 5) is 0. The summed E-state index contributed by atoms with van der Waals surface area (Å²) in [6.45, 7) is 4.07. The van der Waals surface area contributed by atoms with Crippen molar-refractivity contribution >= 4 is 0 Å². The molecule has 0 unspecified atom stereocenters. The van der Waals surface area contributed by atoms with Crippen molar-refractivity contribution in [3.8, 4) is 5.75 Å². The number of phenolic OH excluding ortho intramolecular Hbond substituents is 1. The summed E-state index contributed by atoms with van der Waals surface area (Å²) in [6, 6.07) is 1.97. The number of halogens is 2. The van der Waals surface area contributed by atoms with Gasteiger partial charge < -0.3 is 10.4 Å². The number of hydrogen-bond acceptors (Lipinski definition) is 2. The summed E-state index contributed by atoms with van der Waals surface area (Å²) in [5, 5.41) is 12.2. The molecule has 1 aromatic carbocycles. The maximum atomic E-state index is 12.8. The Labute approximate surface area is 81.6 Å². The second-order valence-electron chi connectivity index (χ2n) is 3.43. The van der Waals surface area contributed by atoms with E-state index >= 15 is 0 Å². The molecule has 0 radical (unpaired) electrons. The zero-order valence-electron chi connectivity index (χ0n) is 8.14. The first-order valence-corrected chi connectivity index (χ1v) is 4.41. The predicted octanol–water partition coefficient (Wildman–Crippen LogP) is 2.17. The van der Waals surface area contributed by atoms with Gasteiger partial charge >= 0.3 is 0 Å². The zero-order chi connectivity index (χ0) is 10.7. The van der Waals surface area contributed by atoms with E-state index in [1.807, 2.05) is 13.8 Å². The van der Waals surface area contributed by atoms with Crippen LogP contribution in [-0.4, -0.2) is 11.1 Å². The van der Waals surface area contributed by atoms with Crippen molar-refractivity contribution in [2.75, 3.05) is 0 Å². The highest BCUT2D eigenvalue weighted by Gasteiger charge is 2.09. The Morgan fingerprint density at radius 2 is 2.00 bits per heavy atom. The molecule has 0 bridgehead atoms. The summed E-state index contributed by atoms with van der Waals surface area (Å²) >= 11 is 0. The topological polar surface area (TPSA) is 32.3 Å². The number of benzene rings is 1. The Balaban J connectivity index is 2.85. The Bertz CT molecular complexity index is 326.